The molecule has 0 saturated carbocycles. The van der Waals surface area contributed by atoms with E-state index < -0.39 is 23.7 Å². The SMILES string of the molecule is Cn1cc(CCC(O)c2cc(C(F)(F)F)ccc2F)cn1. The summed E-state index contributed by atoms with van der Waals surface area (Å²) in [5.41, 5.74) is -0.489. The van der Waals surface area contributed by atoms with Crippen LogP contribution < -0.4 is 0 Å². The van der Waals surface area contributed by atoms with Crippen molar-refractivity contribution in [2.24, 2.45) is 7.05 Å². The summed E-state index contributed by atoms with van der Waals surface area (Å²) in [6.45, 7) is 0. The third-order valence-corrected chi connectivity index (χ3v) is 3.15. The number of nitrogens with zero attached hydrogens (tertiary/aromatic N) is 2. The molecular formula is C14H14F4N2O. The van der Waals surface area contributed by atoms with Gasteiger partial charge in [0, 0.05) is 18.8 Å². The van der Waals surface area contributed by atoms with E-state index in [1.807, 2.05) is 0 Å². The smallest absolute Gasteiger partial charge is 0.388 e. The number of aromatic nitrogens is 2. The highest BCUT2D eigenvalue weighted by Gasteiger charge is 2.31. The molecule has 7 heteroatoms. The van der Waals surface area contributed by atoms with Gasteiger partial charge in [0.25, 0.3) is 0 Å². The number of hydrogen-bond acceptors (Lipinski definition) is 2. The minimum absolute atomic E-state index is 0.115. The summed E-state index contributed by atoms with van der Waals surface area (Å²) in [5.74, 6) is -0.846. The maximum atomic E-state index is 13.6. The Balaban J connectivity index is 2.12. The minimum Gasteiger partial charge on any atom is -0.388 e. The third kappa shape index (κ3) is 3.81. The summed E-state index contributed by atoms with van der Waals surface area (Å²) in [6.07, 6.45) is -2.03. The Morgan fingerprint density at radius 3 is 2.62 bits per heavy atom. The molecule has 21 heavy (non-hydrogen) atoms. The summed E-state index contributed by atoms with van der Waals surface area (Å²) in [7, 11) is 1.73. The molecule has 1 N–H and O–H groups in total. The molecule has 0 aliphatic heterocycles. The first kappa shape index (κ1) is 15.5. The zero-order chi connectivity index (χ0) is 15.6. The highest BCUT2D eigenvalue weighted by molar-refractivity contribution is 5.28. The van der Waals surface area contributed by atoms with Crippen LogP contribution in [0, 0.1) is 5.82 Å². The van der Waals surface area contributed by atoms with Gasteiger partial charge in [-0.3, -0.25) is 4.68 Å². The van der Waals surface area contributed by atoms with Crippen molar-refractivity contribution in [3.8, 4) is 0 Å². The number of aliphatic hydroxyl groups excluding tert-OH is 1. The van der Waals surface area contributed by atoms with Crippen LogP contribution in [0.5, 0.6) is 0 Å². The zero-order valence-corrected chi connectivity index (χ0v) is 11.2. The van der Waals surface area contributed by atoms with Crippen molar-refractivity contribution in [3.05, 3.63) is 53.1 Å². The van der Waals surface area contributed by atoms with Crippen LogP contribution in [0.25, 0.3) is 0 Å². The van der Waals surface area contributed by atoms with Crippen LogP contribution in [0.2, 0.25) is 0 Å². The molecule has 0 aliphatic rings. The molecule has 0 aliphatic carbocycles. The molecule has 0 fully saturated rings. The highest BCUT2D eigenvalue weighted by atomic mass is 19.4. The van der Waals surface area contributed by atoms with Crippen molar-refractivity contribution >= 4 is 0 Å². The van der Waals surface area contributed by atoms with Gasteiger partial charge >= 0.3 is 6.18 Å². The fourth-order valence-electron chi connectivity index (χ4n) is 2.04. The van der Waals surface area contributed by atoms with Crippen LogP contribution in [-0.4, -0.2) is 14.9 Å². The van der Waals surface area contributed by atoms with Gasteiger partial charge in [0.2, 0.25) is 0 Å². The largest absolute Gasteiger partial charge is 0.416 e. The van der Waals surface area contributed by atoms with E-state index in [4.69, 9.17) is 0 Å². The van der Waals surface area contributed by atoms with Crippen LogP contribution in [0.3, 0.4) is 0 Å². The number of halogens is 4. The lowest BCUT2D eigenvalue weighted by atomic mass is 10.00. The van der Waals surface area contributed by atoms with Crippen molar-refractivity contribution in [2.75, 3.05) is 0 Å². The number of rotatable bonds is 4. The lowest BCUT2D eigenvalue weighted by Gasteiger charge is -2.14. The van der Waals surface area contributed by atoms with E-state index in [2.05, 4.69) is 5.10 Å². The predicted octanol–water partition coefficient (Wildman–Crippen LogP) is 3.24. The average Bonchev–Trinajstić information content (AvgIpc) is 2.81. The van der Waals surface area contributed by atoms with Crippen molar-refractivity contribution in [3.63, 3.8) is 0 Å². The second-order valence-electron chi connectivity index (χ2n) is 4.81. The monoisotopic (exact) mass is 302 g/mol. The zero-order valence-electron chi connectivity index (χ0n) is 11.2. The molecule has 0 amide bonds. The van der Waals surface area contributed by atoms with Gasteiger partial charge in [0.05, 0.1) is 17.9 Å². The molecule has 0 bridgehead atoms. The van der Waals surface area contributed by atoms with Gasteiger partial charge in [0.1, 0.15) is 5.82 Å². The highest BCUT2D eigenvalue weighted by Crippen LogP contribution is 2.32. The summed E-state index contributed by atoms with van der Waals surface area (Å²) in [4.78, 5) is 0. The van der Waals surface area contributed by atoms with Gasteiger partial charge in [-0.05, 0) is 36.6 Å². The van der Waals surface area contributed by atoms with Gasteiger partial charge in [-0.15, -0.1) is 0 Å². The van der Waals surface area contributed by atoms with E-state index in [1.54, 1.807) is 24.1 Å². The van der Waals surface area contributed by atoms with Gasteiger partial charge < -0.3 is 5.11 Å². The first-order valence-corrected chi connectivity index (χ1v) is 6.29. The predicted molar refractivity (Wildman–Crippen MR) is 67.9 cm³/mol. The molecule has 114 valence electrons. The quantitative estimate of drug-likeness (QED) is 0.881. The second kappa shape index (κ2) is 5.85. The minimum atomic E-state index is -4.56. The normalized spacial score (nSPS) is 13.4. The lowest BCUT2D eigenvalue weighted by molar-refractivity contribution is -0.137. The van der Waals surface area contributed by atoms with Crippen LogP contribution in [0.1, 0.15) is 29.2 Å². The number of aryl methyl sites for hydroxylation is 2. The van der Waals surface area contributed by atoms with Crippen molar-refractivity contribution in [1.29, 1.82) is 0 Å². The summed E-state index contributed by atoms with van der Waals surface area (Å²) >= 11 is 0. The molecule has 1 atom stereocenters. The van der Waals surface area contributed by atoms with Gasteiger partial charge in [-0.1, -0.05) is 0 Å². The fraction of sp³-hybridized carbons (Fsp3) is 0.357. The Morgan fingerprint density at radius 2 is 2.05 bits per heavy atom. The Hall–Kier alpha value is -1.89. The van der Waals surface area contributed by atoms with Crippen molar-refractivity contribution < 1.29 is 22.7 Å². The number of alkyl halides is 3. The molecule has 0 spiro atoms. The lowest BCUT2D eigenvalue weighted by Crippen LogP contribution is -2.09. The molecule has 1 aromatic carbocycles. The molecule has 3 nitrogen and oxygen atoms in total. The molecule has 1 unspecified atom stereocenters. The van der Waals surface area contributed by atoms with Crippen LogP contribution in [0.4, 0.5) is 17.6 Å². The molecule has 2 aromatic rings. The first-order valence-electron chi connectivity index (χ1n) is 6.29. The summed E-state index contributed by atoms with van der Waals surface area (Å²) in [6, 6.07) is 2.04. The van der Waals surface area contributed by atoms with Gasteiger partial charge in [0.15, 0.2) is 0 Å². The van der Waals surface area contributed by atoms with Gasteiger partial charge in [-0.2, -0.15) is 18.3 Å². The Labute approximate surface area is 118 Å². The van der Waals surface area contributed by atoms with Crippen molar-refractivity contribution in [1.82, 2.24) is 9.78 Å². The summed E-state index contributed by atoms with van der Waals surface area (Å²) in [5, 5.41) is 13.9. The second-order valence-corrected chi connectivity index (χ2v) is 4.81. The van der Waals surface area contributed by atoms with E-state index >= 15 is 0 Å². The van der Waals surface area contributed by atoms with Crippen molar-refractivity contribution in [2.45, 2.75) is 25.1 Å². The number of benzene rings is 1. The molecule has 1 heterocycles. The first-order chi connectivity index (χ1) is 9.77. The number of aliphatic hydroxyl groups is 1. The van der Waals surface area contributed by atoms with Crippen LogP contribution in [-0.2, 0) is 19.6 Å². The molecule has 1 aromatic heterocycles. The van der Waals surface area contributed by atoms with E-state index in [0.717, 1.165) is 11.6 Å². The summed E-state index contributed by atoms with van der Waals surface area (Å²) < 4.78 is 53.0. The molecular weight excluding hydrogens is 288 g/mol. The Morgan fingerprint density at radius 1 is 1.33 bits per heavy atom. The standard InChI is InChI=1S/C14H14F4N2O/c1-20-8-9(7-19-20)2-5-13(21)11-6-10(14(16,17)18)3-4-12(11)15/h3-4,6-8,13,21H,2,5H2,1H3. The van der Waals surface area contributed by atoms with Crippen LogP contribution >= 0.6 is 0 Å². The van der Waals surface area contributed by atoms with Crippen LogP contribution in [0.15, 0.2) is 30.6 Å². The van der Waals surface area contributed by atoms with E-state index in [-0.39, 0.29) is 12.0 Å². The molecule has 2 rings (SSSR count). The maximum Gasteiger partial charge on any atom is 0.416 e. The Bertz CT molecular complexity index is 622. The number of hydrogen-bond donors (Lipinski definition) is 1. The molecule has 0 saturated heterocycles. The fourth-order valence-corrected chi connectivity index (χ4v) is 2.04. The maximum absolute atomic E-state index is 13.6. The third-order valence-electron chi connectivity index (χ3n) is 3.15. The van der Waals surface area contributed by atoms with E-state index in [0.29, 0.717) is 18.6 Å². The van der Waals surface area contributed by atoms with E-state index in [9.17, 15) is 22.7 Å². The van der Waals surface area contributed by atoms with Gasteiger partial charge in [-0.25, -0.2) is 4.39 Å². The topological polar surface area (TPSA) is 38.0 Å². The van der Waals surface area contributed by atoms with E-state index in [1.165, 1.54) is 0 Å². The Kier molecular flexibility index (Phi) is 4.32. The average molecular weight is 302 g/mol. The molecule has 0 radical (unpaired) electrons.